The van der Waals surface area contributed by atoms with Crippen LogP contribution in [0.3, 0.4) is 0 Å². The highest BCUT2D eigenvalue weighted by molar-refractivity contribution is 5.98. The van der Waals surface area contributed by atoms with Crippen molar-refractivity contribution in [3.63, 3.8) is 0 Å². The second kappa shape index (κ2) is 7.09. The fraction of sp³-hybridized carbons (Fsp3) is 0.227. The molecule has 0 radical (unpaired) electrons. The van der Waals surface area contributed by atoms with Crippen LogP contribution in [-0.2, 0) is 0 Å². The summed E-state index contributed by atoms with van der Waals surface area (Å²) in [6.45, 7) is 1.24. The molecule has 3 heterocycles. The monoisotopic (exact) mass is 388 g/mol. The maximum Gasteiger partial charge on any atom is 0.270 e. The van der Waals surface area contributed by atoms with E-state index in [9.17, 15) is 4.79 Å². The van der Waals surface area contributed by atoms with Crippen LogP contribution in [0.15, 0.2) is 59.1 Å². The van der Waals surface area contributed by atoms with Crippen LogP contribution in [-0.4, -0.2) is 46.1 Å². The van der Waals surface area contributed by atoms with E-state index in [0.717, 1.165) is 28.6 Å². The minimum Gasteiger partial charge on any atom is -0.497 e. The van der Waals surface area contributed by atoms with E-state index in [2.05, 4.69) is 15.1 Å². The van der Waals surface area contributed by atoms with Gasteiger partial charge in [-0.25, -0.2) is 0 Å². The lowest BCUT2D eigenvalue weighted by Gasteiger charge is -2.14. The van der Waals surface area contributed by atoms with Crippen LogP contribution in [0.4, 0.5) is 0 Å². The van der Waals surface area contributed by atoms with E-state index in [1.807, 2.05) is 59.5 Å². The first-order chi connectivity index (χ1) is 14.2. The molecule has 1 unspecified atom stereocenters. The van der Waals surface area contributed by atoms with E-state index in [-0.39, 0.29) is 11.8 Å². The molecular formula is C22H20N4O3. The van der Waals surface area contributed by atoms with Crippen LogP contribution in [0.25, 0.3) is 22.4 Å². The number of likely N-dealkylation sites (tertiary alicyclic amines) is 1. The summed E-state index contributed by atoms with van der Waals surface area (Å²) in [5.41, 5.74) is 2.35. The molecule has 1 aliphatic rings. The summed E-state index contributed by atoms with van der Waals surface area (Å²) in [5, 5.41) is 5.13. The van der Waals surface area contributed by atoms with Gasteiger partial charge < -0.3 is 19.1 Å². The van der Waals surface area contributed by atoms with Gasteiger partial charge in [0.05, 0.1) is 7.11 Å². The number of ether oxygens (including phenoxy) is 1. The number of nitrogens with one attached hydrogen (secondary N) is 1. The molecule has 4 aromatic rings. The van der Waals surface area contributed by atoms with Crippen LogP contribution in [0.5, 0.6) is 5.75 Å². The molecule has 2 aromatic heterocycles. The number of H-pyrrole nitrogens is 1. The Hall–Kier alpha value is -3.61. The largest absolute Gasteiger partial charge is 0.497 e. The van der Waals surface area contributed by atoms with Crippen LogP contribution in [0, 0.1) is 0 Å². The lowest BCUT2D eigenvalue weighted by molar-refractivity contribution is 0.0785. The second-order valence-electron chi connectivity index (χ2n) is 7.20. The highest BCUT2D eigenvalue weighted by atomic mass is 16.5. The number of nitrogens with zero attached hydrogens (tertiary/aromatic N) is 3. The van der Waals surface area contributed by atoms with Gasteiger partial charge in [-0.15, -0.1) is 0 Å². The summed E-state index contributed by atoms with van der Waals surface area (Å²) in [5.74, 6) is 1.97. The number of benzene rings is 2. The predicted octanol–water partition coefficient (Wildman–Crippen LogP) is 3.86. The van der Waals surface area contributed by atoms with Gasteiger partial charge in [0, 0.05) is 41.5 Å². The standard InChI is InChI=1S/C22H20N4O3/c1-28-17-8-7-15-11-19(23-18(15)12-17)22(27)26-10-9-16(13-26)20-24-21(29-25-20)14-5-3-2-4-6-14/h2-8,11-12,16,23H,9-10,13H2,1H3. The number of rotatable bonds is 4. The number of fused-ring (bicyclic) bond motifs is 1. The first-order valence-corrected chi connectivity index (χ1v) is 9.56. The van der Waals surface area contributed by atoms with Gasteiger partial charge in [-0.2, -0.15) is 4.98 Å². The van der Waals surface area contributed by atoms with Crippen LogP contribution in [0.1, 0.15) is 28.7 Å². The fourth-order valence-electron chi connectivity index (χ4n) is 3.77. The molecule has 1 fully saturated rings. The molecular weight excluding hydrogens is 368 g/mol. The Bertz CT molecular complexity index is 1170. The Balaban J connectivity index is 1.32. The van der Waals surface area contributed by atoms with E-state index in [1.165, 1.54) is 0 Å². The predicted molar refractivity (Wildman–Crippen MR) is 108 cm³/mol. The molecule has 1 amide bonds. The number of carbonyl (C=O) groups is 1. The SMILES string of the molecule is COc1ccc2cc(C(=O)N3CCC(c4noc(-c5ccccc5)n4)C3)[nH]c2c1. The molecule has 1 aliphatic heterocycles. The maximum atomic E-state index is 13.0. The van der Waals surface area contributed by atoms with Gasteiger partial charge >= 0.3 is 0 Å². The van der Waals surface area contributed by atoms with Gasteiger partial charge in [-0.3, -0.25) is 4.79 Å². The summed E-state index contributed by atoms with van der Waals surface area (Å²) in [7, 11) is 1.63. The summed E-state index contributed by atoms with van der Waals surface area (Å²) >= 11 is 0. The van der Waals surface area contributed by atoms with Crippen LogP contribution >= 0.6 is 0 Å². The zero-order valence-corrected chi connectivity index (χ0v) is 16.0. The third-order valence-electron chi connectivity index (χ3n) is 5.36. The van der Waals surface area contributed by atoms with Gasteiger partial charge in [-0.05, 0) is 36.8 Å². The molecule has 1 saturated heterocycles. The molecule has 0 spiro atoms. The maximum absolute atomic E-state index is 13.0. The van der Waals surface area contributed by atoms with E-state index in [4.69, 9.17) is 9.26 Å². The van der Waals surface area contributed by atoms with E-state index >= 15 is 0 Å². The number of aromatic amines is 1. The van der Waals surface area contributed by atoms with E-state index < -0.39 is 0 Å². The van der Waals surface area contributed by atoms with Crippen molar-refractivity contribution in [2.75, 3.05) is 20.2 Å². The number of amides is 1. The number of carbonyl (C=O) groups excluding carboxylic acids is 1. The lowest BCUT2D eigenvalue weighted by atomic mass is 10.1. The van der Waals surface area contributed by atoms with Crippen LogP contribution < -0.4 is 4.74 Å². The fourth-order valence-corrected chi connectivity index (χ4v) is 3.77. The quantitative estimate of drug-likeness (QED) is 0.574. The summed E-state index contributed by atoms with van der Waals surface area (Å²) in [6, 6.07) is 17.3. The molecule has 146 valence electrons. The Labute approximate surface area is 167 Å². The zero-order chi connectivity index (χ0) is 19.8. The second-order valence-corrected chi connectivity index (χ2v) is 7.20. The summed E-state index contributed by atoms with van der Waals surface area (Å²) < 4.78 is 10.7. The molecule has 2 aromatic carbocycles. The Morgan fingerprint density at radius 3 is 2.90 bits per heavy atom. The number of methoxy groups -OCH3 is 1. The van der Waals surface area contributed by atoms with Crippen molar-refractivity contribution >= 4 is 16.8 Å². The molecule has 1 atom stereocenters. The normalized spacial score (nSPS) is 16.4. The van der Waals surface area contributed by atoms with E-state index in [0.29, 0.717) is 30.5 Å². The highest BCUT2D eigenvalue weighted by Gasteiger charge is 2.31. The van der Waals surface area contributed by atoms with Gasteiger partial charge in [0.25, 0.3) is 11.8 Å². The molecule has 1 N–H and O–H groups in total. The number of hydrogen-bond acceptors (Lipinski definition) is 5. The van der Waals surface area contributed by atoms with Gasteiger partial charge in [0.15, 0.2) is 5.82 Å². The van der Waals surface area contributed by atoms with Gasteiger partial charge in [-0.1, -0.05) is 23.4 Å². The van der Waals surface area contributed by atoms with E-state index in [1.54, 1.807) is 7.11 Å². The van der Waals surface area contributed by atoms with Crippen molar-refractivity contribution < 1.29 is 14.1 Å². The van der Waals surface area contributed by atoms with Crippen molar-refractivity contribution in [1.82, 2.24) is 20.0 Å². The first-order valence-electron chi connectivity index (χ1n) is 9.56. The third kappa shape index (κ3) is 3.24. The molecule has 7 heteroatoms. The van der Waals surface area contributed by atoms with Gasteiger partial charge in [0.1, 0.15) is 11.4 Å². The molecule has 0 aliphatic carbocycles. The van der Waals surface area contributed by atoms with Crippen molar-refractivity contribution in [3.8, 4) is 17.2 Å². The highest BCUT2D eigenvalue weighted by Crippen LogP contribution is 2.29. The molecule has 5 rings (SSSR count). The average molecular weight is 388 g/mol. The van der Waals surface area contributed by atoms with Crippen molar-refractivity contribution in [2.45, 2.75) is 12.3 Å². The third-order valence-corrected chi connectivity index (χ3v) is 5.36. The van der Waals surface area contributed by atoms with Crippen LogP contribution in [0.2, 0.25) is 0 Å². The van der Waals surface area contributed by atoms with Crippen molar-refractivity contribution in [2.24, 2.45) is 0 Å². The Morgan fingerprint density at radius 2 is 2.07 bits per heavy atom. The summed E-state index contributed by atoms with van der Waals surface area (Å²) in [6.07, 6.45) is 0.813. The minimum atomic E-state index is -0.0190. The molecule has 0 bridgehead atoms. The number of hydrogen-bond donors (Lipinski definition) is 1. The van der Waals surface area contributed by atoms with Crippen molar-refractivity contribution in [1.29, 1.82) is 0 Å². The summed E-state index contributed by atoms with van der Waals surface area (Å²) in [4.78, 5) is 22.6. The lowest BCUT2D eigenvalue weighted by Crippen LogP contribution is -2.28. The Kier molecular flexibility index (Phi) is 4.27. The molecule has 0 saturated carbocycles. The molecule has 7 nitrogen and oxygen atoms in total. The van der Waals surface area contributed by atoms with Crippen molar-refractivity contribution in [3.05, 3.63) is 66.1 Å². The molecule has 29 heavy (non-hydrogen) atoms. The first kappa shape index (κ1) is 17.5. The van der Waals surface area contributed by atoms with Gasteiger partial charge in [0.2, 0.25) is 0 Å². The topological polar surface area (TPSA) is 84.2 Å². The zero-order valence-electron chi connectivity index (χ0n) is 16.0. The smallest absolute Gasteiger partial charge is 0.270 e. The Morgan fingerprint density at radius 1 is 1.21 bits per heavy atom. The number of aromatic nitrogens is 3. The average Bonchev–Trinajstić information content (AvgIpc) is 3.52. The minimum absolute atomic E-state index is 0.0190.